The molecule has 144 valence electrons. The average molecular weight is 353 g/mol. The smallest absolute Gasteiger partial charge is 0.310 e. The molecular weight excluding hydrogens is 316 g/mol. The van der Waals surface area contributed by atoms with Crippen LogP contribution in [0.4, 0.5) is 0 Å². The Labute approximate surface area is 153 Å². The summed E-state index contributed by atoms with van der Waals surface area (Å²) in [5, 5.41) is 0. The monoisotopic (exact) mass is 352 g/mol. The number of hydrogen-bond donors (Lipinski definition) is 0. The molecule has 4 nitrogen and oxygen atoms in total. The van der Waals surface area contributed by atoms with Crippen molar-refractivity contribution in [2.45, 2.75) is 91.1 Å². The van der Waals surface area contributed by atoms with Gasteiger partial charge in [-0.05, 0) is 32.6 Å². The number of carbonyl (C=O) groups excluding carboxylic acids is 2. The molecule has 1 aliphatic carbocycles. The molecule has 0 radical (unpaired) electrons. The Bertz CT molecular complexity index is 416. The van der Waals surface area contributed by atoms with Gasteiger partial charge in [0.1, 0.15) is 0 Å². The molecule has 3 unspecified atom stereocenters. The Morgan fingerprint density at radius 3 is 2.08 bits per heavy atom. The highest BCUT2D eigenvalue weighted by molar-refractivity contribution is 5.82. The van der Waals surface area contributed by atoms with Crippen molar-refractivity contribution < 1.29 is 19.1 Å². The molecule has 3 atom stereocenters. The lowest BCUT2D eigenvalue weighted by atomic mass is 9.83. The third-order valence-corrected chi connectivity index (χ3v) is 4.92. The van der Waals surface area contributed by atoms with Crippen LogP contribution in [-0.2, 0) is 19.1 Å². The van der Waals surface area contributed by atoms with Gasteiger partial charge in [0.05, 0.1) is 24.5 Å². The number of hydrogen-bond acceptors (Lipinski definition) is 4. The summed E-state index contributed by atoms with van der Waals surface area (Å²) in [6, 6.07) is 0. The van der Waals surface area contributed by atoms with Gasteiger partial charge in [0.15, 0.2) is 0 Å². The van der Waals surface area contributed by atoms with Gasteiger partial charge in [-0.25, -0.2) is 0 Å². The lowest BCUT2D eigenvalue weighted by Gasteiger charge is -2.26. The van der Waals surface area contributed by atoms with Gasteiger partial charge in [0, 0.05) is 0 Å². The fourth-order valence-electron chi connectivity index (χ4n) is 3.04. The topological polar surface area (TPSA) is 52.6 Å². The zero-order valence-electron chi connectivity index (χ0n) is 16.3. The standard InChI is InChI=1S/C21H36O4/c1-4-6-7-8-9-10-13-16-24-20(22)18-14-11-12-15-19(18)21(23)25-17(3)5-2/h11-12,17-19H,4-10,13-16H2,1-3H3. The van der Waals surface area contributed by atoms with E-state index in [1.165, 1.54) is 32.1 Å². The van der Waals surface area contributed by atoms with Crippen LogP contribution >= 0.6 is 0 Å². The summed E-state index contributed by atoms with van der Waals surface area (Å²) in [6.45, 7) is 6.53. The van der Waals surface area contributed by atoms with E-state index in [0.717, 1.165) is 19.3 Å². The highest BCUT2D eigenvalue weighted by atomic mass is 16.5. The van der Waals surface area contributed by atoms with Gasteiger partial charge in [0.25, 0.3) is 0 Å². The average Bonchev–Trinajstić information content (AvgIpc) is 2.63. The number of allylic oxidation sites excluding steroid dienone is 2. The van der Waals surface area contributed by atoms with E-state index in [9.17, 15) is 9.59 Å². The first-order valence-corrected chi connectivity index (χ1v) is 10.1. The molecule has 0 saturated heterocycles. The first-order chi connectivity index (χ1) is 12.1. The molecule has 0 aromatic rings. The highest BCUT2D eigenvalue weighted by Crippen LogP contribution is 2.28. The third kappa shape index (κ3) is 8.55. The van der Waals surface area contributed by atoms with Gasteiger partial charge >= 0.3 is 11.9 Å². The second-order valence-corrected chi connectivity index (χ2v) is 7.10. The Morgan fingerprint density at radius 2 is 1.48 bits per heavy atom. The molecule has 0 aromatic carbocycles. The minimum Gasteiger partial charge on any atom is -0.465 e. The van der Waals surface area contributed by atoms with Crippen LogP contribution in [0.3, 0.4) is 0 Å². The highest BCUT2D eigenvalue weighted by Gasteiger charge is 2.36. The van der Waals surface area contributed by atoms with Gasteiger partial charge in [-0.15, -0.1) is 0 Å². The van der Waals surface area contributed by atoms with Gasteiger partial charge in [-0.2, -0.15) is 0 Å². The van der Waals surface area contributed by atoms with Crippen molar-refractivity contribution >= 4 is 11.9 Å². The largest absolute Gasteiger partial charge is 0.465 e. The van der Waals surface area contributed by atoms with Crippen molar-refractivity contribution in [2.75, 3.05) is 6.61 Å². The van der Waals surface area contributed by atoms with Gasteiger partial charge < -0.3 is 9.47 Å². The second kappa shape index (κ2) is 13.0. The van der Waals surface area contributed by atoms with Crippen molar-refractivity contribution in [1.29, 1.82) is 0 Å². The summed E-state index contributed by atoms with van der Waals surface area (Å²) < 4.78 is 10.9. The quantitative estimate of drug-likeness (QED) is 0.275. The molecule has 1 aliphatic rings. The Hall–Kier alpha value is -1.32. The van der Waals surface area contributed by atoms with Crippen LogP contribution in [-0.4, -0.2) is 24.6 Å². The molecule has 0 saturated carbocycles. The first-order valence-electron chi connectivity index (χ1n) is 10.1. The summed E-state index contributed by atoms with van der Waals surface area (Å²) in [6.07, 6.45) is 14.1. The zero-order chi connectivity index (χ0) is 18.5. The van der Waals surface area contributed by atoms with Crippen LogP contribution in [0.15, 0.2) is 12.2 Å². The van der Waals surface area contributed by atoms with Crippen molar-refractivity contribution in [3.63, 3.8) is 0 Å². The summed E-state index contributed by atoms with van der Waals surface area (Å²) in [5.41, 5.74) is 0. The van der Waals surface area contributed by atoms with Crippen LogP contribution < -0.4 is 0 Å². The van der Waals surface area contributed by atoms with Crippen LogP contribution in [0.2, 0.25) is 0 Å². The van der Waals surface area contributed by atoms with Crippen LogP contribution in [0.1, 0.15) is 85.0 Å². The maximum Gasteiger partial charge on any atom is 0.310 e. The summed E-state index contributed by atoms with van der Waals surface area (Å²) in [7, 11) is 0. The molecule has 0 heterocycles. The van der Waals surface area contributed by atoms with Gasteiger partial charge in [-0.1, -0.05) is 64.5 Å². The van der Waals surface area contributed by atoms with Crippen LogP contribution in [0.5, 0.6) is 0 Å². The van der Waals surface area contributed by atoms with E-state index in [2.05, 4.69) is 6.92 Å². The number of carbonyl (C=O) groups is 2. The first kappa shape index (κ1) is 21.7. The number of ether oxygens (including phenoxy) is 2. The predicted molar refractivity (Wildman–Crippen MR) is 100 cm³/mol. The predicted octanol–water partition coefficient (Wildman–Crippen LogP) is 5.20. The molecule has 25 heavy (non-hydrogen) atoms. The minimum absolute atomic E-state index is 0.109. The molecule has 0 bridgehead atoms. The Balaban J connectivity index is 2.31. The molecule has 4 heteroatoms. The molecule has 0 fully saturated rings. The lowest BCUT2D eigenvalue weighted by molar-refractivity contribution is -0.163. The molecule has 0 spiro atoms. The Morgan fingerprint density at radius 1 is 0.920 bits per heavy atom. The van der Waals surface area contributed by atoms with Gasteiger partial charge in [0.2, 0.25) is 0 Å². The molecule has 1 rings (SSSR count). The van der Waals surface area contributed by atoms with Crippen LogP contribution in [0.25, 0.3) is 0 Å². The number of rotatable bonds is 12. The third-order valence-electron chi connectivity index (χ3n) is 4.92. The molecule has 0 aromatic heterocycles. The van der Waals surface area contributed by atoms with Crippen molar-refractivity contribution in [1.82, 2.24) is 0 Å². The summed E-state index contributed by atoms with van der Waals surface area (Å²) in [4.78, 5) is 24.7. The van der Waals surface area contributed by atoms with E-state index in [0.29, 0.717) is 19.4 Å². The van der Waals surface area contributed by atoms with E-state index >= 15 is 0 Å². The lowest BCUT2D eigenvalue weighted by Crippen LogP contribution is -2.35. The maximum absolute atomic E-state index is 12.4. The summed E-state index contributed by atoms with van der Waals surface area (Å²) >= 11 is 0. The van der Waals surface area contributed by atoms with Crippen molar-refractivity contribution in [3.8, 4) is 0 Å². The molecular formula is C21H36O4. The molecule has 0 N–H and O–H groups in total. The maximum atomic E-state index is 12.4. The second-order valence-electron chi connectivity index (χ2n) is 7.10. The van der Waals surface area contributed by atoms with E-state index in [-0.39, 0.29) is 18.0 Å². The molecule has 0 aliphatic heterocycles. The number of unbranched alkanes of at least 4 members (excludes halogenated alkanes) is 6. The fraction of sp³-hybridized carbons (Fsp3) is 0.810. The van der Waals surface area contributed by atoms with E-state index in [1.54, 1.807) is 0 Å². The molecule has 0 amide bonds. The van der Waals surface area contributed by atoms with Crippen molar-refractivity contribution in [3.05, 3.63) is 12.2 Å². The van der Waals surface area contributed by atoms with Crippen molar-refractivity contribution in [2.24, 2.45) is 11.8 Å². The normalized spacial score (nSPS) is 20.9. The van der Waals surface area contributed by atoms with E-state index in [4.69, 9.17) is 9.47 Å². The number of esters is 2. The van der Waals surface area contributed by atoms with Gasteiger partial charge in [-0.3, -0.25) is 9.59 Å². The van der Waals surface area contributed by atoms with Crippen LogP contribution in [0, 0.1) is 11.8 Å². The zero-order valence-corrected chi connectivity index (χ0v) is 16.3. The van der Waals surface area contributed by atoms with E-state index < -0.39 is 11.8 Å². The SMILES string of the molecule is CCCCCCCCCOC(=O)C1CC=CCC1C(=O)OC(C)CC. The Kier molecular flexibility index (Phi) is 11.3. The van der Waals surface area contributed by atoms with E-state index in [1.807, 2.05) is 26.0 Å². The minimum atomic E-state index is -0.402. The summed E-state index contributed by atoms with van der Waals surface area (Å²) in [5.74, 6) is -1.32. The fourth-order valence-corrected chi connectivity index (χ4v) is 3.04.